The molecule has 2 fully saturated rings. The highest BCUT2D eigenvalue weighted by Crippen LogP contribution is 2.13. The van der Waals surface area contributed by atoms with E-state index in [1.165, 1.54) is 10.6 Å². The van der Waals surface area contributed by atoms with E-state index in [9.17, 15) is 18.0 Å². The maximum atomic E-state index is 12.3. The molecular weight excluding hydrogens is 302 g/mol. The first kappa shape index (κ1) is 15.6. The Hall–Kier alpha value is -0.800. The Kier molecular flexibility index (Phi) is 4.92. The predicted molar refractivity (Wildman–Crippen MR) is 76.9 cm³/mol. The molecule has 0 aromatic carbocycles. The molecule has 2 heterocycles. The van der Waals surface area contributed by atoms with E-state index in [0.29, 0.717) is 38.4 Å². The average molecular weight is 321 g/mol. The molecule has 2 amide bonds. The maximum Gasteiger partial charge on any atom is 0.246 e. The lowest BCUT2D eigenvalue weighted by Gasteiger charge is -2.35. The number of nitrogens with zero attached hydrogens (tertiary/aromatic N) is 2. The summed E-state index contributed by atoms with van der Waals surface area (Å²) in [5.41, 5.74) is 0. The summed E-state index contributed by atoms with van der Waals surface area (Å²) in [6, 6.07) is -0.486. The van der Waals surface area contributed by atoms with Crippen LogP contribution in [0.2, 0.25) is 0 Å². The lowest BCUT2D eigenvalue weighted by Crippen LogP contribution is -2.56. The summed E-state index contributed by atoms with van der Waals surface area (Å²) in [5, 5.41) is 2.73. The van der Waals surface area contributed by atoms with Gasteiger partial charge in [0.2, 0.25) is 21.8 Å². The number of piperazine rings is 1. The summed E-state index contributed by atoms with van der Waals surface area (Å²) in [6.45, 7) is 1.39. The Morgan fingerprint density at radius 3 is 2.55 bits per heavy atom. The molecule has 20 heavy (non-hydrogen) atoms. The van der Waals surface area contributed by atoms with Crippen molar-refractivity contribution in [1.29, 1.82) is 0 Å². The van der Waals surface area contributed by atoms with Gasteiger partial charge < -0.3 is 10.2 Å². The summed E-state index contributed by atoms with van der Waals surface area (Å²) in [5.74, 6) is 1.11. The van der Waals surface area contributed by atoms with Crippen molar-refractivity contribution in [3.05, 3.63) is 0 Å². The molecule has 0 aliphatic carbocycles. The van der Waals surface area contributed by atoms with Gasteiger partial charge in [-0.05, 0) is 0 Å². The third-order valence-corrected chi connectivity index (χ3v) is 5.78. The standard InChI is InChI=1S/C11H19N3O4S2/c1-20(17,18)14-5-3-13(4-6-14)11(16)9-8-19-7-2-10(15)12-9/h9H,2-8H2,1H3,(H,12,15)/t9-/m1/s1. The van der Waals surface area contributed by atoms with E-state index < -0.39 is 16.1 Å². The number of hydrogen-bond acceptors (Lipinski definition) is 5. The van der Waals surface area contributed by atoms with Crippen molar-refractivity contribution in [2.75, 3.05) is 43.9 Å². The van der Waals surface area contributed by atoms with Gasteiger partial charge in [-0.3, -0.25) is 9.59 Å². The van der Waals surface area contributed by atoms with Crippen LogP contribution in [0.4, 0.5) is 0 Å². The molecule has 2 saturated heterocycles. The van der Waals surface area contributed by atoms with Crippen LogP contribution in [0, 0.1) is 0 Å². The van der Waals surface area contributed by atoms with Gasteiger partial charge in [-0.1, -0.05) is 0 Å². The summed E-state index contributed by atoms with van der Waals surface area (Å²) in [7, 11) is -3.19. The number of nitrogens with one attached hydrogen (secondary N) is 1. The molecule has 0 unspecified atom stereocenters. The van der Waals surface area contributed by atoms with Crippen LogP contribution in [0.3, 0.4) is 0 Å². The second-order valence-electron chi connectivity index (χ2n) is 4.93. The smallest absolute Gasteiger partial charge is 0.246 e. The quantitative estimate of drug-likeness (QED) is 0.684. The van der Waals surface area contributed by atoms with Gasteiger partial charge in [-0.15, -0.1) is 0 Å². The molecule has 2 aliphatic rings. The van der Waals surface area contributed by atoms with Crippen LogP contribution in [0.25, 0.3) is 0 Å². The Morgan fingerprint density at radius 1 is 1.30 bits per heavy atom. The van der Waals surface area contributed by atoms with Crippen LogP contribution in [0.15, 0.2) is 0 Å². The molecule has 0 aromatic heterocycles. The molecule has 2 rings (SSSR count). The summed E-state index contributed by atoms with van der Waals surface area (Å²) < 4.78 is 24.2. The molecule has 1 atom stereocenters. The van der Waals surface area contributed by atoms with E-state index in [-0.39, 0.29) is 11.8 Å². The second-order valence-corrected chi connectivity index (χ2v) is 8.06. The number of amides is 2. The van der Waals surface area contributed by atoms with Crippen LogP contribution in [-0.4, -0.2) is 79.4 Å². The van der Waals surface area contributed by atoms with Gasteiger partial charge in [0.1, 0.15) is 6.04 Å². The Bertz CT molecular complexity index is 486. The van der Waals surface area contributed by atoms with E-state index in [0.717, 1.165) is 5.75 Å². The van der Waals surface area contributed by atoms with Crippen molar-refractivity contribution in [2.24, 2.45) is 0 Å². The minimum Gasteiger partial charge on any atom is -0.343 e. The minimum atomic E-state index is -3.19. The molecule has 0 saturated carbocycles. The van der Waals surface area contributed by atoms with Crippen molar-refractivity contribution in [3.63, 3.8) is 0 Å². The van der Waals surface area contributed by atoms with Crippen LogP contribution >= 0.6 is 11.8 Å². The molecule has 0 radical (unpaired) electrons. The lowest BCUT2D eigenvalue weighted by atomic mass is 10.2. The van der Waals surface area contributed by atoms with Crippen LogP contribution in [0.1, 0.15) is 6.42 Å². The molecular formula is C11H19N3O4S2. The topological polar surface area (TPSA) is 86.8 Å². The monoisotopic (exact) mass is 321 g/mol. The molecule has 2 aliphatic heterocycles. The maximum absolute atomic E-state index is 12.3. The summed E-state index contributed by atoms with van der Waals surface area (Å²) >= 11 is 1.59. The largest absolute Gasteiger partial charge is 0.343 e. The minimum absolute atomic E-state index is 0.0943. The third-order valence-electron chi connectivity index (χ3n) is 3.41. The highest BCUT2D eigenvalue weighted by Gasteiger charge is 2.31. The molecule has 9 heteroatoms. The van der Waals surface area contributed by atoms with E-state index in [4.69, 9.17) is 0 Å². The number of hydrogen-bond donors (Lipinski definition) is 1. The zero-order chi connectivity index (χ0) is 14.8. The van der Waals surface area contributed by atoms with Crippen LogP contribution in [-0.2, 0) is 19.6 Å². The number of sulfonamides is 1. The highest BCUT2D eigenvalue weighted by atomic mass is 32.2. The first-order valence-corrected chi connectivity index (χ1v) is 9.49. The van der Waals surface area contributed by atoms with Crippen molar-refractivity contribution in [2.45, 2.75) is 12.5 Å². The fourth-order valence-electron chi connectivity index (χ4n) is 2.27. The van der Waals surface area contributed by atoms with Gasteiger partial charge in [0.05, 0.1) is 6.26 Å². The third kappa shape index (κ3) is 3.86. The van der Waals surface area contributed by atoms with Crippen molar-refractivity contribution >= 4 is 33.6 Å². The Balaban J connectivity index is 1.92. The molecule has 7 nitrogen and oxygen atoms in total. The van der Waals surface area contributed by atoms with Crippen LogP contribution in [0.5, 0.6) is 0 Å². The molecule has 0 bridgehead atoms. The van der Waals surface area contributed by atoms with E-state index in [1.54, 1.807) is 16.7 Å². The van der Waals surface area contributed by atoms with Crippen molar-refractivity contribution < 1.29 is 18.0 Å². The van der Waals surface area contributed by atoms with Crippen LogP contribution < -0.4 is 5.32 Å². The molecule has 0 aromatic rings. The number of carbonyl (C=O) groups excluding carboxylic acids is 2. The average Bonchev–Trinajstić information content (AvgIpc) is 2.62. The SMILES string of the molecule is CS(=O)(=O)N1CCN(C(=O)[C@H]2CSCCC(=O)N2)CC1. The summed E-state index contributed by atoms with van der Waals surface area (Å²) in [4.78, 5) is 25.5. The normalized spacial score (nSPS) is 25.9. The first-order valence-electron chi connectivity index (χ1n) is 6.49. The Labute approximate surface area is 123 Å². The second kappa shape index (κ2) is 6.31. The van der Waals surface area contributed by atoms with Gasteiger partial charge in [0, 0.05) is 44.1 Å². The van der Waals surface area contributed by atoms with E-state index in [2.05, 4.69) is 5.32 Å². The molecule has 1 N–H and O–H groups in total. The van der Waals surface area contributed by atoms with E-state index >= 15 is 0 Å². The van der Waals surface area contributed by atoms with Crippen molar-refractivity contribution in [3.8, 4) is 0 Å². The number of thioether (sulfide) groups is 1. The van der Waals surface area contributed by atoms with Gasteiger partial charge in [0.25, 0.3) is 0 Å². The number of carbonyl (C=O) groups is 2. The fourth-order valence-corrected chi connectivity index (χ4v) is 4.05. The highest BCUT2D eigenvalue weighted by molar-refractivity contribution is 7.99. The van der Waals surface area contributed by atoms with Gasteiger partial charge in [-0.25, -0.2) is 8.42 Å². The van der Waals surface area contributed by atoms with Crippen molar-refractivity contribution in [1.82, 2.24) is 14.5 Å². The van der Waals surface area contributed by atoms with E-state index in [1.807, 2.05) is 0 Å². The fraction of sp³-hybridized carbons (Fsp3) is 0.818. The van der Waals surface area contributed by atoms with Gasteiger partial charge in [0.15, 0.2) is 0 Å². The molecule has 0 spiro atoms. The zero-order valence-corrected chi connectivity index (χ0v) is 13.0. The Morgan fingerprint density at radius 2 is 1.95 bits per heavy atom. The van der Waals surface area contributed by atoms with Gasteiger partial charge >= 0.3 is 0 Å². The predicted octanol–water partition coefficient (Wildman–Crippen LogP) is -1.29. The first-order chi connectivity index (χ1) is 9.38. The molecule has 114 valence electrons. The summed E-state index contributed by atoms with van der Waals surface area (Å²) in [6.07, 6.45) is 1.61. The number of rotatable bonds is 2. The van der Waals surface area contributed by atoms with Gasteiger partial charge in [-0.2, -0.15) is 16.1 Å². The zero-order valence-electron chi connectivity index (χ0n) is 11.4. The lowest BCUT2D eigenvalue weighted by molar-refractivity contribution is -0.136.